The van der Waals surface area contributed by atoms with Crippen LogP contribution in [-0.2, 0) is 9.59 Å². The number of rotatable bonds is 6. The highest BCUT2D eigenvalue weighted by molar-refractivity contribution is 5.97. The van der Waals surface area contributed by atoms with E-state index >= 15 is 0 Å². The molecule has 0 spiro atoms. The summed E-state index contributed by atoms with van der Waals surface area (Å²) in [7, 11) is 0. The molecule has 1 heterocycles. The minimum absolute atomic E-state index is 0.0293. The van der Waals surface area contributed by atoms with E-state index in [1.54, 1.807) is 4.90 Å². The molecule has 1 aliphatic heterocycles. The van der Waals surface area contributed by atoms with Gasteiger partial charge in [-0.15, -0.1) is 6.42 Å². The number of carbonyl (C=O) groups is 2. The standard InChI is InChI=1S/C17H28N2O2/c1-7-9-13(8-2)19-15(12(5)6)16(20)18-14(17(19)21)10-11(3)4/h2,11-15H,7,9-10H2,1,3-6H3,(H,18,20). The number of hydrogen-bond acceptors (Lipinski definition) is 2. The summed E-state index contributed by atoms with van der Waals surface area (Å²) in [5.74, 6) is 2.98. The molecule has 4 nitrogen and oxygen atoms in total. The molecule has 1 rings (SSSR count). The molecule has 4 heteroatoms. The molecular formula is C17H28N2O2. The minimum atomic E-state index is -0.464. The maximum absolute atomic E-state index is 12.8. The van der Waals surface area contributed by atoms with Crippen molar-refractivity contribution in [2.75, 3.05) is 0 Å². The number of piperazine rings is 1. The Morgan fingerprint density at radius 3 is 2.33 bits per heavy atom. The van der Waals surface area contributed by atoms with E-state index in [4.69, 9.17) is 6.42 Å². The average molecular weight is 292 g/mol. The summed E-state index contributed by atoms with van der Waals surface area (Å²) in [5, 5.41) is 2.88. The molecule has 118 valence electrons. The first-order chi connectivity index (χ1) is 9.83. The minimum Gasteiger partial charge on any atom is -0.342 e. The summed E-state index contributed by atoms with van der Waals surface area (Å²) >= 11 is 0. The highest BCUT2D eigenvalue weighted by atomic mass is 16.2. The number of hydrogen-bond donors (Lipinski definition) is 1. The summed E-state index contributed by atoms with van der Waals surface area (Å²) in [6.45, 7) is 10.0. The average Bonchev–Trinajstić information content (AvgIpc) is 2.38. The zero-order valence-electron chi connectivity index (χ0n) is 13.8. The van der Waals surface area contributed by atoms with E-state index in [9.17, 15) is 9.59 Å². The second-order valence-electron chi connectivity index (χ2n) is 6.60. The lowest BCUT2D eigenvalue weighted by atomic mass is 9.91. The van der Waals surface area contributed by atoms with Gasteiger partial charge < -0.3 is 10.2 Å². The monoisotopic (exact) mass is 292 g/mol. The first-order valence-corrected chi connectivity index (χ1v) is 7.92. The molecule has 0 bridgehead atoms. The second kappa shape index (κ2) is 7.49. The topological polar surface area (TPSA) is 49.4 Å². The Morgan fingerprint density at radius 1 is 1.29 bits per heavy atom. The van der Waals surface area contributed by atoms with Gasteiger partial charge in [-0.2, -0.15) is 0 Å². The zero-order chi connectivity index (χ0) is 16.2. The Kier molecular flexibility index (Phi) is 6.26. The highest BCUT2D eigenvalue weighted by Gasteiger charge is 2.44. The SMILES string of the molecule is C#CC(CCC)N1C(=O)C(CC(C)C)NC(=O)C1C(C)C. The summed E-state index contributed by atoms with van der Waals surface area (Å²) in [6, 6.07) is -1.20. The van der Waals surface area contributed by atoms with E-state index in [-0.39, 0.29) is 23.8 Å². The van der Waals surface area contributed by atoms with E-state index < -0.39 is 12.1 Å². The summed E-state index contributed by atoms with van der Waals surface area (Å²) in [4.78, 5) is 26.9. The van der Waals surface area contributed by atoms with Crippen molar-refractivity contribution in [3.8, 4) is 12.3 Å². The third kappa shape index (κ3) is 4.00. The molecular weight excluding hydrogens is 264 g/mol. The third-order valence-electron chi connectivity index (χ3n) is 3.87. The first kappa shape index (κ1) is 17.6. The zero-order valence-corrected chi connectivity index (χ0v) is 13.8. The molecule has 0 aliphatic carbocycles. The van der Waals surface area contributed by atoms with Crippen molar-refractivity contribution in [2.45, 2.75) is 72.0 Å². The van der Waals surface area contributed by atoms with E-state index in [2.05, 4.69) is 11.2 Å². The van der Waals surface area contributed by atoms with E-state index in [1.807, 2.05) is 34.6 Å². The van der Waals surface area contributed by atoms with Crippen LogP contribution < -0.4 is 5.32 Å². The van der Waals surface area contributed by atoms with E-state index in [0.29, 0.717) is 12.3 Å². The van der Waals surface area contributed by atoms with Crippen molar-refractivity contribution in [1.82, 2.24) is 10.2 Å². The molecule has 0 aromatic rings. The lowest BCUT2D eigenvalue weighted by Crippen LogP contribution is -2.67. The van der Waals surface area contributed by atoms with Gasteiger partial charge in [0.1, 0.15) is 12.1 Å². The van der Waals surface area contributed by atoms with Gasteiger partial charge in [-0.1, -0.05) is 47.0 Å². The normalized spacial score (nSPS) is 24.2. The van der Waals surface area contributed by atoms with E-state index in [1.165, 1.54) is 0 Å². The quantitative estimate of drug-likeness (QED) is 0.763. The van der Waals surface area contributed by atoms with Crippen LogP contribution in [0.2, 0.25) is 0 Å². The Balaban J connectivity index is 3.11. The Bertz CT molecular complexity index is 423. The largest absolute Gasteiger partial charge is 0.342 e. The van der Waals surface area contributed by atoms with Crippen molar-refractivity contribution in [1.29, 1.82) is 0 Å². The van der Waals surface area contributed by atoms with Gasteiger partial charge in [0.2, 0.25) is 11.8 Å². The fraction of sp³-hybridized carbons (Fsp3) is 0.765. The lowest BCUT2D eigenvalue weighted by Gasteiger charge is -2.43. The Hall–Kier alpha value is -1.50. The predicted molar refractivity (Wildman–Crippen MR) is 84.4 cm³/mol. The molecule has 21 heavy (non-hydrogen) atoms. The van der Waals surface area contributed by atoms with Crippen LogP contribution in [0.3, 0.4) is 0 Å². The van der Waals surface area contributed by atoms with Gasteiger partial charge in [0.25, 0.3) is 0 Å². The van der Waals surface area contributed by atoms with Gasteiger partial charge >= 0.3 is 0 Å². The summed E-state index contributed by atoms with van der Waals surface area (Å²) < 4.78 is 0. The molecule has 1 N–H and O–H groups in total. The van der Waals surface area contributed by atoms with Gasteiger partial charge in [0.15, 0.2) is 0 Å². The maximum Gasteiger partial charge on any atom is 0.246 e. The maximum atomic E-state index is 12.8. The van der Waals surface area contributed by atoms with Crippen molar-refractivity contribution >= 4 is 11.8 Å². The number of nitrogens with one attached hydrogen (secondary N) is 1. The lowest BCUT2D eigenvalue weighted by molar-refractivity contribution is -0.153. The van der Waals surface area contributed by atoms with Gasteiger partial charge in [0, 0.05) is 0 Å². The van der Waals surface area contributed by atoms with Crippen LogP contribution >= 0.6 is 0 Å². The molecule has 1 saturated heterocycles. The van der Waals surface area contributed by atoms with Crippen LogP contribution in [0, 0.1) is 24.2 Å². The molecule has 1 fully saturated rings. The van der Waals surface area contributed by atoms with Crippen LogP contribution in [0.5, 0.6) is 0 Å². The fourth-order valence-corrected chi connectivity index (χ4v) is 2.94. The van der Waals surface area contributed by atoms with Crippen LogP contribution in [0.1, 0.15) is 53.9 Å². The smallest absolute Gasteiger partial charge is 0.246 e. The van der Waals surface area contributed by atoms with Crippen molar-refractivity contribution in [3.63, 3.8) is 0 Å². The summed E-state index contributed by atoms with van der Waals surface area (Å²) in [5.41, 5.74) is 0. The molecule has 0 radical (unpaired) electrons. The van der Waals surface area contributed by atoms with Crippen molar-refractivity contribution in [3.05, 3.63) is 0 Å². The summed E-state index contributed by atoms with van der Waals surface area (Å²) in [6.07, 6.45) is 7.90. The Labute approximate surface area is 128 Å². The van der Waals surface area contributed by atoms with Gasteiger partial charge in [-0.25, -0.2) is 0 Å². The third-order valence-corrected chi connectivity index (χ3v) is 3.87. The van der Waals surface area contributed by atoms with E-state index in [0.717, 1.165) is 12.8 Å². The fourth-order valence-electron chi connectivity index (χ4n) is 2.94. The van der Waals surface area contributed by atoms with Gasteiger partial charge in [-0.05, 0) is 24.7 Å². The molecule has 0 saturated carbocycles. The second-order valence-corrected chi connectivity index (χ2v) is 6.60. The molecule has 3 atom stereocenters. The molecule has 1 aliphatic rings. The molecule has 3 unspecified atom stereocenters. The highest BCUT2D eigenvalue weighted by Crippen LogP contribution is 2.24. The molecule has 2 amide bonds. The van der Waals surface area contributed by atoms with Crippen LogP contribution in [0.15, 0.2) is 0 Å². The van der Waals surface area contributed by atoms with Crippen molar-refractivity contribution in [2.24, 2.45) is 11.8 Å². The number of amides is 2. The van der Waals surface area contributed by atoms with Crippen LogP contribution in [0.4, 0.5) is 0 Å². The van der Waals surface area contributed by atoms with Gasteiger partial charge in [-0.3, -0.25) is 9.59 Å². The van der Waals surface area contributed by atoms with Crippen LogP contribution in [0.25, 0.3) is 0 Å². The number of nitrogens with zero attached hydrogens (tertiary/aromatic N) is 1. The van der Waals surface area contributed by atoms with Crippen molar-refractivity contribution < 1.29 is 9.59 Å². The number of carbonyl (C=O) groups excluding carboxylic acids is 2. The van der Waals surface area contributed by atoms with Crippen LogP contribution in [-0.4, -0.2) is 34.8 Å². The molecule has 0 aromatic heterocycles. The number of terminal acetylenes is 1. The molecule has 0 aromatic carbocycles. The predicted octanol–water partition coefficient (Wildman–Crippen LogP) is 2.19. The Morgan fingerprint density at radius 2 is 1.90 bits per heavy atom. The first-order valence-electron chi connectivity index (χ1n) is 7.92. The van der Waals surface area contributed by atoms with Gasteiger partial charge in [0.05, 0.1) is 6.04 Å².